The van der Waals surface area contributed by atoms with Gasteiger partial charge in [-0.25, -0.2) is 9.97 Å². The topological polar surface area (TPSA) is 148 Å². The van der Waals surface area contributed by atoms with E-state index in [1.54, 1.807) is 30.3 Å². The third-order valence-corrected chi connectivity index (χ3v) is 4.55. The second kappa shape index (κ2) is 7.51. The van der Waals surface area contributed by atoms with Crippen molar-refractivity contribution in [2.24, 2.45) is 0 Å². The van der Waals surface area contributed by atoms with Gasteiger partial charge in [0.05, 0.1) is 0 Å². The maximum Gasteiger partial charge on any atom is 0.316 e. The van der Waals surface area contributed by atoms with E-state index in [4.69, 9.17) is 14.2 Å². The van der Waals surface area contributed by atoms with Gasteiger partial charge in [0.15, 0.2) is 12.2 Å². The molecule has 11 heteroatoms. The van der Waals surface area contributed by atoms with Crippen molar-refractivity contribution in [3.63, 3.8) is 0 Å². The summed E-state index contributed by atoms with van der Waals surface area (Å²) in [6, 6.07) is 9.47. The van der Waals surface area contributed by atoms with E-state index in [0.717, 1.165) is 0 Å². The Hall–Kier alpha value is -2.31. The summed E-state index contributed by atoms with van der Waals surface area (Å²) in [5.74, 6) is 0.275. The predicted octanol–water partition coefficient (Wildman–Crippen LogP) is -0.405. The lowest BCUT2D eigenvalue weighted by molar-refractivity contribution is -0.249. The van der Waals surface area contributed by atoms with E-state index in [9.17, 15) is 23.2 Å². The van der Waals surface area contributed by atoms with Crippen LogP contribution in [-0.2, 0) is 14.9 Å². The molecule has 0 radical (unpaired) electrons. The van der Waals surface area contributed by atoms with Gasteiger partial charge in [0, 0.05) is 12.4 Å². The third kappa shape index (κ3) is 4.08. The summed E-state index contributed by atoms with van der Waals surface area (Å²) >= 11 is 0. The van der Waals surface area contributed by atoms with Crippen molar-refractivity contribution >= 4 is 10.1 Å². The molecule has 0 aliphatic carbocycles. The minimum atomic E-state index is -4.83. The normalized spacial score (nSPS) is 29.1. The fraction of sp³-hybridized carbons (Fsp3) is 0.333. The maximum atomic E-state index is 11.5. The highest BCUT2D eigenvalue weighted by Crippen LogP contribution is 2.28. The van der Waals surface area contributed by atoms with Crippen molar-refractivity contribution in [3.8, 4) is 11.8 Å². The highest BCUT2D eigenvalue weighted by atomic mass is 32.2. The van der Waals surface area contributed by atoms with Crippen molar-refractivity contribution in [2.75, 3.05) is 0 Å². The number of benzene rings is 1. The van der Waals surface area contributed by atoms with E-state index >= 15 is 0 Å². The molecule has 2 heterocycles. The average Bonchev–Trinajstić information content (AvgIpc) is 2.62. The zero-order chi connectivity index (χ0) is 18.7. The fourth-order valence-corrected chi connectivity index (χ4v) is 3.15. The Morgan fingerprint density at radius 2 is 1.62 bits per heavy atom. The van der Waals surface area contributed by atoms with Crippen LogP contribution < -0.4 is 9.47 Å². The Balaban J connectivity index is 1.88. The van der Waals surface area contributed by atoms with Crippen LogP contribution in [0.25, 0.3) is 0 Å². The fourth-order valence-electron chi connectivity index (χ4n) is 2.39. The molecule has 1 aliphatic heterocycles. The van der Waals surface area contributed by atoms with Crippen LogP contribution in [0.3, 0.4) is 0 Å². The lowest BCUT2D eigenvalue weighted by atomic mass is 10.0. The Morgan fingerprint density at radius 3 is 2.23 bits per heavy atom. The summed E-state index contributed by atoms with van der Waals surface area (Å²) in [4.78, 5) is 7.58. The molecule has 1 saturated heterocycles. The minimum absolute atomic E-state index is 0.204. The molecule has 26 heavy (non-hydrogen) atoms. The molecule has 1 aromatic heterocycles. The third-order valence-electron chi connectivity index (χ3n) is 3.57. The second-order valence-corrected chi connectivity index (χ2v) is 6.91. The van der Waals surface area contributed by atoms with Crippen LogP contribution in [-0.4, -0.2) is 63.2 Å². The minimum Gasteiger partial charge on any atom is -0.462 e. The Kier molecular flexibility index (Phi) is 5.34. The van der Waals surface area contributed by atoms with Crippen LogP contribution in [0.2, 0.25) is 0 Å². The summed E-state index contributed by atoms with van der Waals surface area (Å²) in [6.07, 6.45) is -3.88. The number of nitrogens with zero attached hydrogens (tertiary/aromatic N) is 2. The number of hydrogen-bond acceptors (Lipinski definition) is 9. The van der Waals surface area contributed by atoms with Crippen LogP contribution >= 0.6 is 0 Å². The van der Waals surface area contributed by atoms with Gasteiger partial charge in [0.1, 0.15) is 11.9 Å². The number of aliphatic hydroxyl groups excluding tert-OH is 2. The van der Waals surface area contributed by atoms with E-state index in [0.29, 0.717) is 0 Å². The zero-order valence-electron chi connectivity index (χ0n) is 13.2. The highest BCUT2D eigenvalue weighted by Gasteiger charge is 2.52. The Bertz CT molecular complexity index is 820. The van der Waals surface area contributed by atoms with Gasteiger partial charge < -0.3 is 24.4 Å². The van der Waals surface area contributed by atoms with E-state index in [2.05, 4.69) is 9.97 Å². The molecule has 0 saturated carbocycles. The predicted molar refractivity (Wildman–Crippen MR) is 85.7 cm³/mol. The van der Waals surface area contributed by atoms with E-state index in [1.807, 2.05) is 0 Å². The van der Waals surface area contributed by atoms with E-state index < -0.39 is 40.2 Å². The molecule has 1 aliphatic rings. The summed E-state index contributed by atoms with van der Waals surface area (Å²) in [5, 5.41) is 20.7. The molecule has 10 nitrogen and oxygen atoms in total. The molecule has 0 spiro atoms. The second-order valence-electron chi connectivity index (χ2n) is 5.41. The summed E-state index contributed by atoms with van der Waals surface area (Å²) in [6.45, 7) is 0. The monoisotopic (exact) mass is 384 g/mol. The first-order chi connectivity index (χ1) is 12.4. The number of aliphatic hydroxyl groups is 2. The van der Waals surface area contributed by atoms with Crippen molar-refractivity contribution in [1.29, 1.82) is 0 Å². The largest absolute Gasteiger partial charge is 0.462 e. The van der Waals surface area contributed by atoms with Crippen LogP contribution in [0.15, 0.2) is 48.8 Å². The van der Waals surface area contributed by atoms with Crippen molar-refractivity contribution < 1.29 is 37.4 Å². The first kappa shape index (κ1) is 18.5. The van der Waals surface area contributed by atoms with Crippen LogP contribution in [0.1, 0.15) is 0 Å². The molecule has 0 bridgehead atoms. The van der Waals surface area contributed by atoms with Gasteiger partial charge in [-0.3, -0.25) is 4.55 Å². The van der Waals surface area contributed by atoms with Gasteiger partial charge in [-0.1, -0.05) is 18.2 Å². The average molecular weight is 384 g/mol. The number of rotatable bonds is 5. The van der Waals surface area contributed by atoms with E-state index in [1.165, 1.54) is 18.5 Å². The lowest BCUT2D eigenvalue weighted by Crippen LogP contribution is -2.63. The summed E-state index contributed by atoms with van der Waals surface area (Å²) in [7, 11) is -4.83. The van der Waals surface area contributed by atoms with Gasteiger partial charge >= 0.3 is 6.01 Å². The van der Waals surface area contributed by atoms with Gasteiger partial charge in [-0.05, 0) is 18.2 Å². The van der Waals surface area contributed by atoms with Crippen LogP contribution in [0.5, 0.6) is 11.8 Å². The number of ether oxygens (including phenoxy) is 3. The van der Waals surface area contributed by atoms with Gasteiger partial charge in [0.2, 0.25) is 11.7 Å². The molecule has 5 atom stereocenters. The zero-order valence-corrected chi connectivity index (χ0v) is 14.0. The van der Waals surface area contributed by atoms with Crippen molar-refractivity contribution in [1.82, 2.24) is 9.97 Å². The molecule has 3 N–H and O–H groups in total. The number of hydrogen-bond donors (Lipinski definition) is 3. The molecule has 1 fully saturated rings. The molecule has 0 amide bonds. The van der Waals surface area contributed by atoms with Gasteiger partial charge in [0.25, 0.3) is 10.1 Å². The molecular weight excluding hydrogens is 368 g/mol. The smallest absolute Gasteiger partial charge is 0.316 e. The van der Waals surface area contributed by atoms with Crippen molar-refractivity contribution in [2.45, 2.75) is 30.0 Å². The standard InChI is InChI=1S/C15H16N2O8S/c18-10-12(24-15-16-7-4-8-17-15)11(19)14(26(20,21)22)25-13(10)23-9-5-2-1-3-6-9/h1-8,10-14,18-19H,(H,20,21,22)/t10-,11+,12-,13-,14?/m1/s1. The molecular formula is C15H16N2O8S. The first-order valence-corrected chi connectivity index (χ1v) is 9.00. The quantitative estimate of drug-likeness (QED) is 0.581. The van der Waals surface area contributed by atoms with Gasteiger partial charge in [-0.2, -0.15) is 8.42 Å². The van der Waals surface area contributed by atoms with Gasteiger partial charge in [-0.15, -0.1) is 0 Å². The SMILES string of the molecule is O=S(=O)(O)C1O[C@@H](Oc2ccccc2)[C@H](O)[C@@H](Oc2ncccn2)[C@@H]1O. The maximum absolute atomic E-state index is 11.5. The Labute approximate surface area is 148 Å². The number of aromatic nitrogens is 2. The van der Waals surface area contributed by atoms with Crippen LogP contribution in [0, 0.1) is 0 Å². The van der Waals surface area contributed by atoms with Crippen LogP contribution in [0.4, 0.5) is 0 Å². The van der Waals surface area contributed by atoms with E-state index in [-0.39, 0.29) is 11.8 Å². The van der Waals surface area contributed by atoms with Crippen molar-refractivity contribution in [3.05, 3.63) is 48.8 Å². The molecule has 140 valence electrons. The molecule has 2 aromatic rings. The highest BCUT2D eigenvalue weighted by molar-refractivity contribution is 7.86. The molecule has 1 aromatic carbocycles. The summed E-state index contributed by atoms with van der Waals surface area (Å²) < 4.78 is 48.2. The molecule has 1 unspecified atom stereocenters. The lowest BCUT2D eigenvalue weighted by Gasteiger charge is -2.40. The Morgan fingerprint density at radius 1 is 0.962 bits per heavy atom. The summed E-state index contributed by atoms with van der Waals surface area (Å²) in [5.41, 5.74) is -2.09. The first-order valence-electron chi connectivity index (χ1n) is 7.49. The molecule has 3 rings (SSSR count). The number of para-hydroxylation sites is 1.